The molecule has 4 nitrogen and oxygen atoms in total. The molecule has 3 aromatic rings. The Labute approximate surface area is 143 Å². The van der Waals surface area contributed by atoms with Crippen LogP contribution in [0.25, 0.3) is 11.5 Å². The first kappa shape index (κ1) is 15.9. The Hall–Kier alpha value is -2.61. The maximum atomic E-state index is 12.8. The fourth-order valence-electron chi connectivity index (χ4n) is 2.79. The van der Waals surface area contributed by atoms with Crippen LogP contribution >= 0.6 is 11.5 Å². The number of rotatable bonds is 2. The van der Waals surface area contributed by atoms with Gasteiger partial charge in [0.25, 0.3) is 0 Å². The summed E-state index contributed by atoms with van der Waals surface area (Å²) in [6, 6.07) is 10.6. The molecule has 1 atom stereocenters. The van der Waals surface area contributed by atoms with Crippen molar-refractivity contribution in [1.82, 2.24) is 4.37 Å². The van der Waals surface area contributed by atoms with Crippen molar-refractivity contribution in [1.29, 1.82) is 0 Å². The molecular formula is C17H10F3NO3S. The molecule has 0 saturated heterocycles. The molecule has 1 unspecified atom stereocenters. The molecular weight excluding hydrogens is 355 g/mol. The average Bonchev–Trinajstić information content (AvgIpc) is 3.19. The third-order valence-corrected chi connectivity index (χ3v) is 4.44. The summed E-state index contributed by atoms with van der Waals surface area (Å²) in [4.78, 5) is 10.6. The van der Waals surface area contributed by atoms with Crippen molar-refractivity contribution >= 4 is 11.5 Å². The van der Waals surface area contributed by atoms with Crippen LogP contribution in [0.5, 0.6) is 5.75 Å². The van der Waals surface area contributed by atoms with Crippen molar-refractivity contribution in [3.05, 3.63) is 68.9 Å². The summed E-state index contributed by atoms with van der Waals surface area (Å²) < 4.78 is 53.2. The zero-order valence-electron chi connectivity index (χ0n) is 12.5. The number of nitrogens with zero attached hydrogens (tertiary/aromatic N) is 1. The summed E-state index contributed by atoms with van der Waals surface area (Å²) >= 11 is 0.721. The molecule has 0 fully saturated rings. The van der Waals surface area contributed by atoms with Crippen molar-refractivity contribution in [3.8, 4) is 17.2 Å². The van der Waals surface area contributed by atoms with Crippen molar-refractivity contribution in [2.45, 2.75) is 18.7 Å². The van der Waals surface area contributed by atoms with Gasteiger partial charge in [-0.3, -0.25) is 0 Å². The quantitative estimate of drug-likeness (QED) is 0.673. The number of halogens is 3. The minimum absolute atomic E-state index is 0.215. The van der Waals surface area contributed by atoms with Gasteiger partial charge in [-0.25, -0.2) is 4.79 Å². The largest absolute Gasteiger partial charge is 0.485 e. The molecule has 8 heteroatoms. The second-order valence-corrected chi connectivity index (χ2v) is 6.29. The van der Waals surface area contributed by atoms with Crippen molar-refractivity contribution in [2.75, 3.05) is 0 Å². The summed E-state index contributed by atoms with van der Waals surface area (Å²) in [6.45, 7) is 0. The van der Waals surface area contributed by atoms with Crippen LogP contribution in [0.3, 0.4) is 0 Å². The van der Waals surface area contributed by atoms with E-state index in [2.05, 4.69) is 4.37 Å². The van der Waals surface area contributed by atoms with E-state index in [0.717, 1.165) is 29.2 Å². The van der Waals surface area contributed by atoms with E-state index in [1.807, 2.05) is 6.07 Å². The predicted octanol–water partition coefficient (Wildman–Crippen LogP) is 4.46. The van der Waals surface area contributed by atoms with Crippen LogP contribution in [-0.2, 0) is 12.6 Å². The van der Waals surface area contributed by atoms with Gasteiger partial charge in [0.1, 0.15) is 11.9 Å². The Morgan fingerprint density at radius 3 is 2.72 bits per heavy atom. The molecule has 0 spiro atoms. The first-order chi connectivity index (χ1) is 11.9. The standard InChI is InChI=1S/C17H10F3NO3S/c18-17(19,20)12-4-5-13-11(7-12)8-14(23-13)9-2-1-3-10(6-9)15-21-25-16(22)24-15/h1-7,14H,8H2. The number of hydrogen-bond donors (Lipinski definition) is 0. The second-order valence-electron chi connectivity index (χ2n) is 5.60. The first-order valence-corrected chi connectivity index (χ1v) is 8.11. The molecule has 25 heavy (non-hydrogen) atoms. The van der Waals surface area contributed by atoms with Gasteiger partial charge in [0.2, 0.25) is 5.89 Å². The predicted molar refractivity (Wildman–Crippen MR) is 84.6 cm³/mol. The number of alkyl halides is 3. The molecule has 1 aliphatic heterocycles. The Bertz CT molecular complexity index is 993. The van der Waals surface area contributed by atoms with Gasteiger partial charge in [-0.05, 0) is 41.5 Å². The normalized spacial score (nSPS) is 16.5. The zero-order chi connectivity index (χ0) is 17.6. The maximum Gasteiger partial charge on any atom is 0.416 e. The highest BCUT2D eigenvalue weighted by molar-refractivity contribution is 7.02. The molecule has 2 heterocycles. The molecule has 128 valence electrons. The lowest BCUT2D eigenvalue weighted by molar-refractivity contribution is -0.137. The molecule has 0 radical (unpaired) electrons. The van der Waals surface area contributed by atoms with Gasteiger partial charge in [0.05, 0.1) is 17.1 Å². The Morgan fingerprint density at radius 2 is 2.00 bits per heavy atom. The van der Waals surface area contributed by atoms with Crippen LogP contribution in [-0.4, -0.2) is 4.37 Å². The smallest absolute Gasteiger partial charge is 0.416 e. The van der Waals surface area contributed by atoms with Crippen LogP contribution in [0.4, 0.5) is 13.2 Å². The van der Waals surface area contributed by atoms with E-state index in [1.165, 1.54) is 6.07 Å². The second kappa shape index (κ2) is 5.73. The van der Waals surface area contributed by atoms with E-state index < -0.39 is 22.8 Å². The van der Waals surface area contributed by atoms with Crippen LogP contribution in [0.1, 0.15) is 22.8 Å². The maximum absolute atomic E-state index is 12.8. The van der Waals surface area contributed by atoms with Crippen molar-refractivity contribution < 1.29 is 22.3 Å². The summed E-state index contributed by atoms with van der Waals surface area (Å²) in [7, 11) is 0. The van der Waals surface area contributed by atoms with Crippen LogP contribution in [0.2, 0.25) is 0 Å². The highest BCUT2D eigenvalue weighted by Crippen LogP contribution is 2.40. The van der Waals surface area contributed by atoms with Gasteiger partial charge in [-0.2, -0.15) is 13.2 Å². The highest BCUT2D eigenvalue weighted by Gasteiger charge is 2.33. The monoisotopic (exact) mass is 365 g/mol. The fourth-order valence-corrected chi connectivity index (χ4v) is 3.21. The minimum atomic E-state index is -4.38. The lowest BCUT2D eigenvalue weighted by atomic mass is 10.0. The number of benzene rings is 2. The Balaban J connectivity index is 1.63. The van der Waals surface area contributed by atoms with Crippen molar-refractivity contribution in [2.24, 2.45) is 0 Å². The number of aromatic nitrogens is 1. The molecule has 0 saturated carbocycles. The van der Waals surface area contributed by atoms with Crippen LogP contribution in [0, 0.1) is 0 Å². The lowest BCUT2D eigenvalue weighted by Crippen LogP contribution is -2.04. The molecule has 2 aromatic carbocycles. The number of fused-ring (bicyclic) bond motifs is 1. The zero-order valence-corrected chi connectivity index (χ0v) is 13.4. The lowest BCUT2D eigenvalue weighted by Gasteiger charge is -2.11. The topological polar surface area (TPSA) is 52.3 Å². The molecule has 0 amide bonds. The average molecular weight is 365 g/mol. The van der Waals surface area contributed by atoms with Gasteiger partial charge in [0.15, 0.2) is 0 Å². The Kier molecular flexibility index (Phi) is 3.64. The third-order valence-electron chi connectivity index (χ3n) is 3.95. The van der Waals surface area contributed by atoms with Gasteiger partial charge >= 0.3 is 11.1 Å². The van der Waals surface area contributed by atoms with Gasteiger partial charge < -0.3 is 9.15 Å². The number of hydrogen-bond acceptors (Lipinski definition) is 5. The highest BCUT2D eigenvalue weighted by atomic mass is 32.1. The number of ether oxygens (including phenoxy) is 1. The fraction of sp³-hybridized carbons (Fsp3) is 0.176. The van der Waals surface area contributed by atoms with Gasteiger partial charge in [0, 0.05) is 12.0 Å². The molecule has 0 aliphatic carbocycles. The van der Waals surface area contributed by atoms with E-state index in [-0.39, 0.29) is 5.89 Å². The van der Waals surface area contributed by atoms with Crippen LogP contribution < -0.4 is 9.68 Å². The van der Waals surface area contributed by atoms with E-state index in [0.29, 0.717) is 23.3 Å². The van der Waals surface area contributed by atoms with Crippen LogP contribution in [0.15, 0.2) is 51.7 Å². The van der Waals surface area contributed by atoms with Gasteiger partial charge in [-0.1, -0.05) is 12.1 Å². The summed E-state index contributed by atoms with van der Waals surface area (Å²) in [5.74, 6) is 0.662. The molecule has 0 bridgehead atoms. The first-order valence-electron chi connectivity index (χ1n) is 7.34. The Morgan fingerprint density at radius 1 is 1.16 bits per heavy atom. The van der Waals surface area contributed by atoms with E-state index in [9.17, 15) is 18.0 Å². The van der Waals surface area contributed by atoms with E-state index in [1.54, 1.807) is 18.2 Å². The summed E-state index contributed by atoms with van der Waals surface area (Å²) in [5, 5.41) is 0. The third kappa shape index (κ3) is 3.05. The summed E-state index contributed by atoms with van der Waals surface area (Å²) in [6.07, 6.45) is -4.44. The summed E-state index contributed by atoms with van der Waals surface area (Å²) in [5.41, 5.74) is 1.23. The minimum Gasteiger partial charge on any atom is -0.485 e. The molecule has 1 aliphatic rings. The van der Waals surface area contributed by atoms with E-state index in [4.69, 9.17) is 9.15 Å². The van der Waals surface area contributed by atoms with Gasteiger partial charge in [-0.15, -0.1) is 4.37 Å². The van der Waals surface area contributed by atoms with Crippen molar-refractivity contribution in [3.63, 3.8) is 0 Å². The molecule has 4 rings (SSSR count). The molecule has 1 aromatic heterocycles. The van der Waals surface area contributed by atoms with E-state index >= 15 is 0 Å². The SMILES string of the molecule is O=c1oc(-c2cccc(C3Cc4cc(C(F)(F)F)ccc4O3)c2)ns1. The molecule has 0 N–H and O–H groups in total.